The zero-order valence-electron chi connectivity index (χ0n) is 8.97. The normalized spacial score (nSPS) is 11.8. The molecule has 90 valence electrons. The fraction of sp³-hybridized carbons (Fsp3) is 0.455. The van der Waals surface area contributed by atoms with Crippen molar-refractivity contribution in [3.05, 3.63) is 35.4 Å². The minimum atomic E-state index is -4.10. The molecule has 5 heteroatoms. The number of alkyl halides is 3. The van der Waals surface area contributed by atoms with Gasteiger partial charge in [-0.25, -0.2) is 0 Å². The first-order chi connectivity index (χ1) is 7.47. The molecule has 0 saturated heterocycles. The van der Waals surface area contributed by atoms with Crippen molar-refractivity contribution < 1.29 is 13.2 Å². The molecule has 16 heavy (non-hydrogen) atoms. The maximum absolute atomic E-state index is 11.8. The Labute approximate surface area is 97.6 Å². The Morgan fingerprint density at radius 2 is 1.81 bits per heavy atom. The molecule has 0 radical (unpaired) electrons. The van der Waals surface area contributed by atoms with E-state index in [0.29, 0.717) is 18.5 Å². The van der Waals surface area contributed by atoms with Crippen molar-refractivity contribution in [3.8, 4) is 0 Å². The molecule has 0 saturated carbocycles. The van der Waals surface area contributed by atoms with Crippen molar-refractivity contribution in [1.29, 1.82) is 0 Å². The summed E-state index contributed by atoms with van der Waals surface area (Å²) < 4.78 is 38.1. The van der Waals surface area contributed by atoms with Gasteiger partial charge in [0.25, 0.3) is 0 Å². The molecule has 0 bridgehead atoms. The van der Waals surface area contributed by atoms with Crippen LogP contribution in [-0.2, 0) is 6.42 Å². The lowest BCUT2D eigenvalue weighted by atomic mass is 10.1. The van der Waals surface area contributed by atoms with Crippen molar-refractivity contribution in [3.63, 3.8) is 0 Å². The predicted molar refractivity (Wildman–Crippen MR) is 61.4 cm³/mol. The summed E-state index contributed by atoms with van der Waals surface area (Å²) in [7, 11) is 0. The van der Waals surface area contributed by atoms with Gasteiger partial charge in [0.2, 0.25) is 0 Å². The van der Waals surface area contributed by atoms with Crippen molar-refractivity contribution in [2.24, 2.45) is 0 Å². The topological polar surface area (TPSA) is 12.0 Å². The molecule has 1 N–H and O–H groups in total. The molecule has 1 rings (SSSR count). The zero-order valence-corrected chi connectivity index (χ0v) is 9.79. The molecule has 0 atom stereocenters. The molecule has 0 aliphatic heterocycles. The third-order valence-corrected chi connectivity index (χ3v) is 2.85. The molecule has 0 fully saturated rings. The molecular formula is C11H14F3NS. The first-order valence-electron chi connectivity index (χ1n) is 4.94. The van der Waals surface area contributed by atoms with Crippen molar-refractivity contribution >= 4 is 11.9 Å². The summed E-state index contributed by atoms with van der Waals surface area (Å²) in [5.74, 6) is -0.846. The van der Waals surface area contributed by atoms with Crippen LogP contribution < -0.4 is 4.72 Å². The first-order valence-corrected chi connectivity index (χ1v) is 5.93. The van der Waals surface area contributed by atoms with Crippen LogP contribution in [0.5, 0.6) is 0 Å². The lowest BCUT2D eigenvalue weighted by Gasteiger charge is -2.07. The summed E-state index contributed by atoms with van der Waals surface area (Å²) in [6, 6.07) is 7.98. The molecule has 0 aliphatic carbocycles. The van der Waals surface area contributed by atoms with Gasteiger partial charge in [0, 0.05) is 6.54 Å². The summed E-state index contributed by atoms with van der Waals surface area (Å²) in [5.41, 5.74) is 2.31. The summed E-state index contributed by atoms with van der Waals surface area (Å²) in [6.45, 7) is 2.55. The third-order valence-electron chi connectivity index (χ3n) is 1.97. The van der Waals surface area contributed by atoms with Gasteiger partial charge in [-0.2, -0.15) is 13.2 Å². The summed E-state index contributed by atoms with van der Waals surface area (Å²) >= 11 is 0.708. The van der Waals surface area contributed by atoms with E-state index in [-0.39, 0.29) is 0 Å². The fourth-order valence-corrected chi connectivity index (χ4v) is 1.67. The van der Waals surface area contributed by atoms with Crippen LogP contribution in [0.4, 0.5) is 13.2 Å². The SMILES string of the molecule is Cc1ccc(CCNSCC(F)(F)F)cc1. The van der Waals surface area contributed by atoms with E-state index < -0.39 is 11.9 Å². The Kier molecular flexibility index (Phi) is 5.15. The Morgan fingerprint density at radius 1 is 1.19 bits per heavy atom. The van der Waals surface area contributed by atoms with E-state index in [0.717, 1.165) is 12.0 Å². The monoisotopic (exact) mass is 249 g/mol. The summed E-state index contributed by atoms with van der Waals surface area (Å²) in [4.78, 5) is 0. The lowest BCUT2D eigenvalue weighted by molar-refractivity contribution is -0.105. The minimum Gasteiger partial charge on any atom is -0.264 e. The highest BCUT2D eigenvalue weighted by atomic mass is 32.2. The van der Waals surface area contributed by atoms with Gasteiger partial charge >= 0.3 is 6.18 Å². The second kappa shape index (κ2) is 6.15. The molecule has 0 heterocycles. The van der Waals surface area contributed by atoms with E-state index >= 15 is 0 Å². The van der Waals surface area contributed by atoms with Crippen LogP contribution in [-0.4, -0.2) is 18.5 Å². The van der Waals surface area contributed by atoms with E-state index in [1.54, 1.807) is 0 Å². The van der Waals surface area contributed by atoms with Gasteiger partial charge in [0.05, 0.1) is 0 Å². The van der Waals surface area contributed by atoms with Crippen molar-refractivity contribution in [2.75, 3.05) is 12.3 Å². The Balaban J connectivity index is 2.14. The highest BCUT2D eigenvalue weighted by Gasteiger charge is 2.26. The van der Waals surface area contributed by atoms with Gasteiger partial charge in [0.1, 0.15) is 5.75 Å². The van der Waals surface area contributed by atoms with Gasteiger partial charge < -0.3 is 0 Å². The molecule has 0 aliphatic rings. The van der Waals surface area contributed by atoms with Gasteiger partial charge in [-0.15, -0.1) is 0 Å². The van der Waals surface area contributed by atoms with Crippen LogP contribution in [0, 0.1) is 6.92 Å². The van der Waals surface area contributed by atoms with Crippen LogP contribution in [0.25, 0.3) is 0 Å². The van der Waals surface area contributed by atoms with Gasteiger partial charge in [0.15, 0.2) is 0 Å². The van der Waals surface area contributed by atoms with E-state index in [1.807, 2.05) is 31.2 Å². The lowest BCUT2D eigenvalue weighted by Crippen LogP contribution is -2.17. The number of aryl methyl sites for hydroxylation is 1. The molecule has 1 aromatic rings. The average molecular weight is 249 g/mol. The van der Waals surface area contributed by atoms with E-state index in [9.17, 15) is 13.2 Å². The van der Waals surface area contributed by atoms with Crippen molar-refractivity contribution in [2.45, 2.75) is 19.5 Å². The van der Waals surface area contributed by atoms with E-state index in [1.165, 1.54) is 5.56 Å². The van der Waals surface area contributed by atoms with Crippen LogP contribution in [0.2, 0.25) is 0 Å². The zero-order chi connectivity index (χ0) is 12.0. The molecule has 0 amide bonds. The van der Waals surface area contributed by atoms with Crippen LogP contribution in [0.3, 0.4) is 0 Å². The molecule has 1 aromatic carbocycles. The smallest absolute Gasteiger partial charge is 0.264 e. The minimum absolute atomic E-state index is 0.545. The number of hydrogen-bond acceptors (Lipinski definition) is 2. The number of nitrogens with one attached hydrogen (secondary N) is 1. The second-order valence-corrected chi connectivity index (χ2v) is 4.40. The molecular weight excluding hydrogens is 235 g/mol. The summed E-state index contributed by atoms with van der Waals surface area (Å²) in [6.07, 6.45) is -3.35. The average Bonchev–Trinajstić information content (AvgIpc) is 2.19. The fourth-order valence-electron chi connectivity index (χ4n) is 1.16. The van der Waals surface area contributed by atoms with Crippen molar-refractivity contribution in [1.82, 2.24) is 4.72 Å². The predicted octanol–water partition coefficient (Wildman–Crippen LogP) is 3.34. The highest BCUT2D eigenvalue weighted by Crippen LogP contribution is 2.19. The number of benzene rings is 1. The molecule has 0 spiro atoms. The van der Waals surface area contributed by atoms with Gasteiger partial charge in [-0.3, -0.25) is 4.72 Å². The maximum atomic E-state index is 11.8. The summed E-state index contributed by atoms with van der Waals surface area (Å²) in [5, 5.41) is 0. The standard InChI is InChI=1S/C11H14F3NS/c1-9-2-4-10(5-3-9)6-7-15-16-8-11(12,13)14/h2-5,15H,6-8H2,1H3. The first kappa shape index (κ1) is 13.4. The number of rotatable bonds is 5. The van der Waals surface area contributed by atoms with E-state index in [4.69, 9.17) is 0 Å². The van der Waals surface area contributed by atoms with Gasteiger partial charge in [-0.1, -0.05) is 41.8 Å². The molecule has 0 unspecified atom stereocenters. The quantitative estimate of drug-likeness (QED) is 0.634. The van der Waals surface area contributed by atoms with Gasteiger partial charge in [-0.05, 0) is 18.9 Å². The Morgan fingerprint density at radius 3 is 2.38 bits per heavy atom. The maximum Gasteiger partial charge on any atom is 0.399 e. The van der Waals surface area contributed by atoms with Crippen LogP contribution >= 0.6 is 11.9 Å². The molecule has 1 nitrogen and oxygen atoms in total. The largest absolute Gasteiger partial charge is 0.399 e. The third kappa shape index (κ3) is 6.02. The van der Waals surface area contributed by atoms with Crippen LogP contribution in [0.1, 0.15) is 11.1 Å². The number of hydrogen-bond donors (Lipinski definition) is 1. The van der Waals surface area contributed by atoms with Crippen LogP contribution in [0.15, 0.2) is 24.3 Å². The Hall–Kier alpha value is -0.680. The van der Waals surface area contributed by atoms with E-state index in [2.05, 4.69) is 4.72 Å². The second-order valence-electron chi connectivity index (χ2n) is 3.53. The molecule has 0 aromatic heterocycles. The highest BCUT2D eigenvalue weighted by molar-refractivity contribution is 7.97. The Bertz CT molecular complexity index is 308. The number of halogens is 3.